The van der Waals surface area contributed by atoms with Gasteiger partial charge in [-0.15, -0.1) is 0 Å². The fraction of sp³-hybridized carbons (Fsp3) is 0.368. The summed E-state index contributed by atoms with van der Waals surface area (Å²) in [6.07, 6.45) is -4.53. The molecule has 0 aliphatic heterocycles. The van der Waals surface area contributed by atoms with E-state index >= 15 is 0 Å². The lowest BCUT2D eigenvalue weighted by molar-refractivity contribution is -0.137. The van der Waals surface area contributed by atoms with E-state index in [0.29, 0.717) is 6.54 Å². The molecule has 0 spiro atoms. The first kappa shape index (κ1) is 22.1. The zero-order chi connectivity index (χ0) is 21.9. The van der Waals surface area contributed by atoms with Crippen molar-refractivity contribution in [2.75, 3.05) is 6.54 Å². The number of rotatable bonds is 6. The summed E-state index contributed by atoms with van der Waals surface area (Å²) in [5.41, 5.74) is -0.374. The van der Waals surface area contributed by atoms with E-state index < -0.39 is 35.4 Å². The molecule has 2 amide bonds. The summed E-state index contributed by atoms with van der Waals surface area (Å²) >= 11 is 0. The molecule has 2 rings (SSSR count). The molecule has 0 radical (unpaired) electrons. The highest BCUT2D eigenvalue weighted by atomic mass is 19.4. The van der Waals surface area contributed by atoms with Crippen LogP contribution in [0, 0.1) is 13.8 Å². The molecule has 2 aromatic rings. The molecule has 0 aliphatic rings. The SMILES string of the molecule is CCNC(=O)C(C)NC(=O)C(=O)c1c(C)nn(-c2cccc(C(F)(F)F)c2)c1C. The second-order valence-corrected chi connectivity index (χ2v) is 6.42. The maximum Gasteiger partial charge on any atom is 0.416 e. The number of nitrogens with zero attached hydrogens (tertiary/aromatic N) is 2. The van der Waals surface area contributed by atoms with Gasteiger partial charge in [0.05, 0.1) is 28.2 Å². The second kappa shape index (κ2) is 8.46. The topological polar surface area (TPSA) is 93.1 Å². The van der Waals surface area contributed by atoms with E-state index in [9.17, 15) is 27.6 Å². The van der Waals surface area contributed by atoms with Gasteiger partial charge in [-0.3, -0.25) is 14.4 Å². The number of benzene rings is 1. The fourth-order valence-electron chi connectivity index (χ4n) is 2.81. The molecule has 156 valence electrons. The number of carbonyl (C=O) groups excluding carboxylic acids is 3. The van der Waals surface area contributed by atoms with Crippen LogP contribution >= 0.6 is 0 Å². The van der Waals surface area contributed by atoms with Crippen LogP contribution in [0.1, 0.15) is 41.2 Å². The maximum absolute atomic E-state index is 13.0. The molecular weight excluding hydrogens is 389 g/mol. The Bertz CT molecular complexity index is 951. The van der Waals surface area contributed by atoms with Crippen LogP contribution < -0.4 is 10.6 Å². The Labute approximate surface area is 165 Å². The van der Waals surface area contributed by atoms with Gasteiger partial charge in [0.1, 0.15) is 6.04 Å². The fourth-order valence-corrected chi connectivity index (χ4v) is 2.81. The number of nitrogens with one attached hydrogen (secondary N) is 2. The van der Waals surface area contributed by atoms with Gasteiger partial charge < -0.3 is 10.6 Å². The number of carbonyl (C=O) groups is 3. The highest BCUT2D eigenvalue weighted by Crippen LogP contribution is 2.30. The maximum atomic E-state index is 13.0. The molecule has 0 bridgehead atoms. The van der Waals surface area contributed by atoms with Crippen LogP contribution in [0.4, 0.5) is 13.2 Å². The van der Waals surface area contributed by atoms with E-state index in [1.807, 2.05) is 0 Å². The first-order chi connectivity index (χ1) is 13.5. The Morgan fingerprint density at radius 1 is 1.21 bits per heavy atom. The van der Waals surface area contributed by atoms with Gasteiger partial charge in [0.25, 0.3) is 11.7 Å². The van der Waals surface area contributed by atoms with E-state index in [1.54, 1.807) is 6.92 Å². The minimum Gasteiger partial charge on any atom is -0.355 e. The number of amides is 2. The Balaban J connectivity index is 2.33. The lowest BCUT2D eigenvalue weighted by Gasteiger charge is -2.13. The van der Waals surface area contributed by atoms with E-state index in [-0.39, 0.29) is 22.6 Å². The summed E-state index contributed by atoms with van der Waals surface area (Å²) in [6, 6.07) is 3.56. The molecule has 0 fully saturated rings. The Kier molecular flexibility index (Phi) is 6.45. The van der Waals surface area contributed by atoms with Gasteiger partial charge >= 0.3 is 6.18 Å². The van der Waals surface area contributed by atoms with Crippen LogP contribution in [0.5, 0.6) is 0 Å². The number of ketones is 1. The molecule has 29 heavy (non-hydrogen) atoms. The van der Waals surface area contributed by atoms with Gasteiger partial charge in [-0.1, -0.05) is 6.07 Å². The average molecular weight is 410 g/mol. The molecule has 1 heterocycles. The molecule has 0 saturated carbocycles. The number of halogens is 3. The van der Waals surface area contributed by atoms with E-state index in [2.05, 4.69) is 15.7 Å². The van der Waals surface area contributed by atoms with Crippen LogP contribution in [0.2, 0.25) is 0 Å². The molecule has 7 nitrogen and oxygen atoms in total. The number of aromatic nitrogens is 2. The van der Waals surface area contributed by atoms with Crippen molar-refractivity contribution in [1.29, 1.82) is 0 Å². The van der Waals surface area contributed by atoms with Crippen LogP contribution in [-0.2, 0) is 15.8 Å². The lowest BCUT2D eigenvalue weighted by atomic mass is 10.1. The summed E-state index contributed by atoms with van der Waals surface area (Å²) in [5, 5.41) is 8.95. The third-order valence-electron chi connectivity index (χ3n) is 4.23. The van der Waals surface area contributed by atoms with E-state index in [1.165, 1.54) is 37.6 Å². The van der Waals surface area contributed by atoms with Gasteiger partial charge in [0, 0.05) is 6.54 Å². The Morgan fingerprint density at radius 3 is 2.45 bits per heavy atom. The minimum atomic E-state index is -4.53. The van der Waals surface area contributed by atoms with Crippen LogP contribution in [0.3, 0.4) is 0 Å². The summed E-state index contributed by atoms with van der Waals surface area (Å²) in [7, 11) is 0. The van der Waals surface area contributed by atoms with Crippen molar-refractivity contribution in [2.24, 2.45) is 0 Å². The Hall–Kier alpha value is -3.17. The highest BCUT2D eigenvalue weighted by molar-refractivity contribution is 6.43. The third-order valence-corrected chi connectivity index (χ3v) is 4.23. The molecule has 0 saturated heterocycles. The minimum absolute atomic E-state index is 0.0250. The van der Waals surface area contributed by atoms with Crippen molar-refractivity contribution in [1.82, 2.24) is 20.4 Å². The highest BCUT2D eigenvalue weighted by Gasteiger charge is 2.31. The van der Waals surface area contributed by atoms with Crippen molar-refractivity contribution in [3.63, 3.8) is 0 Å². The van der Waals surface area contributed by atoms with Crippen molar-refractivity contribution in [2.45, 2.75) is 39.9 Å². The zero-order valence-electron chi connectivity index (χ0n) is 16.3. The zero-order valence-corrected chi connectivity index (χ0v) is 16.3. The average Bonchev–Trinajstić information content (AvgIpc) is 2.94. The first-order valence-electron chi connectivity index (χ1n) is 8.84. The van der Waals surface area contributed by atoms with Crippen molar-refractivity contribution >= 4 is 17.6 Å². The predicted octanol–water partition coefficient (Wildman–Crippen LogP) is 2.33. The van der Waals surface area contributed by atoms with Gasteiger partial charge in [-0.2, -0.15) is 18.3 Å². The molecule has 1 atom stereocenters. The van der Waals surface area contributed by atoms with Crippen molar-refractivity contribution in [3.05, 3.63) is 46.8 Å². The molecule has 1 aromatic carbocycles. The summed E-state index contributed by atoms with van der Waals surface area (Å²) in [4.78, 5) is 36.6. The molecule has 1 aromatic heterocycles. The summed E-state index contributed by atoms with van der Waals surface area (Å²) in [6.45, 7) is 6.47. The van der Waals surface area contributed by atoms with Gasteiger partial charge in [0.15, 0.2) is 0 Å². The van der Waals surface area contributed by atoms with E-state index in [0.717, 1.165) is 12.1 Å². The lowest BCUT2D eigenvalue weighted by Crippen LogP contribution is -2.47. The number of likely N-dealkylation sites (N-methyl/N-ethyl adjacent to an activating group) is 1. The number of hydrogen-bond donors (Lipinski definition) is 2. The number of Topliss-reactive ketones (excluding diaryl/α,β-unsaturated/α-hetero) is 1. The number of aryl methyl sites for hydroxylation is 1. The van der Waals surface area contributed by atoms with E-state index in [4.69, 9.17) is 0 Å². The summed E-state index contributed by atoms with van der Waals surface area (Å²) in [5.74, 6) is -2.37. The van der Waals surface area contributed by atoms with Gasteiger partial charge in [0.2, 0.25) is 5.91 Å². The Morgan fingerprint density at radius 2 is 1.86 bits per heavy atom. The van der Waals surface area contributed by atoms with Crippen LogP contribution in [-0.4, -0.2) is 40.0 Å². The second-order valence-electron chi connectivity index (χ2n) is 6.42. The molecular formula is C19H21F3N4O3. The molecule has 0 aliphatic carbocycles. The molecule has 2 N–H and O–H groups in total. The predicted molar refractivity (Wildman–Crippen MR) is 98.7 cm³/mol. The largest absolute Gasteiger partial charge is 0.416 e. The van der Waals surface area contributed by atoms with Crippen molar-refractivity contribution < 1.29 is 27.6 Å². The van der Waals surface area contributed by atoms with Crippen LogP contribution in [0.15, 0.2) is 24.3 Å². The van der Waals surface area contributed by atoms with Gasteiger partial charge in [-0.25, -0.2) is 4.68 Å². The smallest absolute Gasteiger partial charge is 0.355 e. The third kappa shape index (κ3) is 4.82. The van der Waals surface area contributed by atoms with Gasteiger partial charge in [-0.05, 0) is 45.9 Å². The monoisotopic (exact) mass is 410 g/mol. The normalized spacial score (nSPS) is 12.4. The van der Waals surface area contributed by atoms with Crippen LogP contribution in [0.25, 0.3) is 5.69 Å². The number of alkyl halides is 3. The molecule has 10 heteroatoms. The van der Waals surface area contributed by atoms with Crippen molar-refractivity contribution in [3.8, 4) is 5.69 Å². The standard InChI is InChI=1S/C19H21F3N4O3/c1-5-23-17(28)11(3)24-18(29)16(27)15-10(2)25-26(12(15)4)14-8-6-7-13(9-14)19(20,21)22/h6-9,11H,5H2,1-4H3,(H,23,28)(H,24,29). The molecule has 1 unspecified atom stereocenters. The summed E-state index contributed by atoms with van der Waals surface area (Å²) < 4.78 is 40.1. The quantitative estimate of drug-likeness (QED) is 0.565. The first-order valence-corrected chi connectivity index (χ1v) is 8.84. The number of hydrogen-bond acceptors (Lipinski definition) is 4.